The molecule has 0 amide bonds. The number of methoxy groups -OCH3 is 1. The van der Waals surface area contributed by atoms with E-state index >= 15 is 0 Å². The minimum Gasteiger partial charge on any atom is -0.467 e. The number of carbonyl (C=O) groups is 1. The van der Waals surface area contributed by atoms with E-state index in [0.29, 0.717) is 5.56 Å². The molecule has 1 unspecified atom stereocenters. The molecule has 1 aromatic carbocycles. The summed E-state index contributed by atoms with van der Waals surface area (Å²) in [6, 6.07) is 5.03. The first-order chi connectivity index (χ1) is 8.77. The van der Waals surface area contributed by atoms with Crippen molar-refractivity contribution in [2.75, 3.05) is 13.7 Å². The van der Waals surface area contributed by atoms with Gasteiger partial charge in [0, 0.05) is 6.54 Å². The number of carbonyl (C=O) groups excluding carboxylic acids is 1. The minimum atomic E-state index is -3.77. The first-order valence-electron chi connectivity index (χ1n) is 5.60. The number of sulfonamides is 1. The molecule has 0 aromatic heterocycles. The lowest BCUT2D eigenvalue weighted by molar-refractivity contribution is -0.149. The van der Waals surface area contributed by atoms with Gasteiger partial charge in [-0.05, 0) is 31.0 Å². The van der Waals surface area contributed by atoms with Crippen molar-refractivity contribution in [3.8, 4) is 0 Å². The van der Waals surface area contributed by atoms with E-state index in [1.165, 1.54) is 6.07 Å². The third kappa shape index (κ3) is 4.02. The van der Waals surface area contributed by atoms with Crippen LogP contribution in [0.25, 0.3) is 0 Å². The maximum Gasteiger partial charge on any atom is 0.336 e. The fourth-order valence-electron chi connectivity index (χ4n) is 1.48. The number of benzene rings is 1. The van der Waals surface area contributed by atoms with Crippen LogP contribution < -0.4 is 4.72 Å². The lowest BCUT2D eigenvalue weighted by atomic mass is 10.2. The smallest absolute Gasteiger partial charge is 0.336 e. The third-order valence-corrected chi connectivity index (χ3v) is 4.14. The second kappa shape index (κ2) is 6.14. The van der Waals surface area contributed by atoms with E-state index in [1.807, 2.05) is 0 Å². The Morgan fingerprint density at radius 3 is 2.63 bits per heavy atom. The number of rotatable bonds is 5. The van der Waals surface area contributed by atoms with Crippen LogP contribution in [0.4, 0.5) is 0 Å². The van der Waals surface area contributed by atoms with Crippen LogP contribution in [0.1, 0.15) is 11.1 Å². The monoisotopic (exact) mass is 287 g/mol. The number of hydrogen-bond donors (Lipinski definition) is 2. The predicted molar refractivity (Wildman–Crippen MR) is 69.1 cm³/mol. The van der Waals surface area contributed by atoms with Gasteiger partial charge in [0.25, 0.3) is 0 Å². The van der Waals surface area contributed by atoms with Crippen LogP contribution in [0, 0.1) is 13.8 Å². The zero-order valence-electron chi connectivity index (χ0n) is 11.0. The summed E-state index contributed by atoms with van der Waals surface area (Å²) in [6.07, 6.45) is -1.52. The molecule has 0 aliphatic heterocycles. The summed E-state index contributed by atoms with van der Waals surface area (Å²) in [5.74, 6) is -0.885. The molecule has 2 N–H and O–H groups in total. The van der Waals surface area contributed by atoms with Crippen LogP contribution in [0.15, 0.2) is 23.1 Å². The second-order valence-corrected chi connectivity index (χ2v) is 5.90. The molecule has 0 aliphatic rings. The van der Waals surface area contributed by atoms with E-state index in [-0.39, 0.29) is 4.90 Å². The highest BCUT2D eigenvalue weighted by Gasteiger charge is 2.21. The number of aliphatic hydroxyl groups is 1. The van der Waals surface area contributed by atoms with E-state index in [1.54, 1.807) is 26.0 Å². The van der Waals surface area contributed by atoms with E-state index in [2.05, 4.69) is 9.46 Å². The Labute approximate surface area is 112 Å². The molecule has 7 heteroatoms. The average molecular weight is 287 g/mol. The van der Waals surface area contributed by atoms with E-state index < -0.39 is 28.6 Å². The molecule has 0 fully saturated rings. The number of ether oxygens (including phenoxy) is 1. The molecule has 6 nitrogen and oxygen atoms in total. The summed E-state index contributed by atoms with van der Waals surface area (Å²) in [4.78, 5) is 11.1. The third-order valence-electron chi connectivity index (χ3n) is 2.57. The van der Waals surface area contributed by atoms with Crippen molar-refractivity contribution in [1.82, 2.24) is 4.72 Å². The maximum atomic E-state index is 12.0. The van der Waals surface area contributed by atoms with Crippen molar-refractivity contribution in [2.45, 2.75) is 24.8 Å². The molecule has 19 heavy (non-hydrogen) atoms. The van der Waals surface area contributed by atoms with Gasteiger partial charge in [-0.2, -0.15) is 0 Å². The predicted octanol–water partition coefficient (Wildman–Crippen LogP) is 0.116. The molecule has 106 valence electrons. The summed E-state index contributed by atoms with van der Waals surface area (Å²) in [6.45, 7) is 3.02. The fraction of sp³-hybridized carbons (Fsp3) is 0.417. The molecule has 1 atom stereocenters. The van der Waals surface area contributed by atoms with Gasteiger partial charge in [-0.15, -0.1) is 0 Å². The van der Waals surface area contributed by atoms with Crippen LogP contribution in [0.5, 0.6) is 0 Å². The minimum absolute atomic E-state index is 0.129. The molecular formula is C12H17NO5S. The van der Waals surface area contributed by atoms with E-state index in [9.17, 15) is 18.3 Å². The topological polar surface area (TPSA) is 92.7 Å². The molecular weight excluding hydrogens is 270 g/mol. The summed E-state index contributed by atoms with van der Waals surface area (Å²) in [5.41, 5.74) is 1.39. The van der Waals surface area contributed by atoms with Crippen molar-refractivity contribution in [1.29, 1.82) is 0 Å². The van der Waals surface area contributed by atoms with Gasteiger partial charge in [-0.1, -0.05) is 12.1 Å². The first kappa shape index (κ1) is 15.6. The van der Waals surface area contributed by atoms with Gasteiger partial charge >= 0.3 is 5.97 Å². The standard InChI is InChI=1S/C12H17NO5S/c1-8-4-5-9(2)11(6-8)19(16,17)13-7-10(14)12(15)18-3/h4-6,10,13-14H,7H2,1-3H3. The Morgan fingerprint density at radius 1 is 1.42 bits per heavy atom. The van der Waals surface area contributed by atoms with Crippen LogP contribution in [0.3, 0.4) is 0 Å². The Morgan fingerprint density at radius 2 is 2.05 bits per heavy atom. The Bertz CT molecular complexity index is 567. The van der Waals surface area contributed by atoms with Gasteiger partial charge in [-0.3, -0.25) is 0 Å². The SMILES string of the molecule is COC(=O)C(O)CNS(=O)(=O)c1cc(C)ccc1C. The normalized spacial score (nSPS) is 13.1. The highest BCUT2D eigenvalue weighted by Crippen LogP contribution is 2.16. The summed E-state index contributed by atoms with van der Waals surface area (Å²) >= 11 is 0. The maximum absolute atomic E-state index is 12.0. The van der Waals surface area contributed by atoms with Gasteiger partial charge < -0.3 is 9.84 Å². The number of aliphatic hydroxyl groups excluding tert-OH is 1. The number of hydrogen-bond acceptors (Lipinski definition) is 5. The zero-order valence-corrected chi connectivity index (χ0v) is 11.8. The van der Waals surface area contributed by atoms with E-state index in [4.69, 9.17) is 0 Å². The molecule has 0 bridgehead atoms. The van der Waals surface area contributed by atoms with Gasteiger partial charge in [0.2, 0.25) is 10.0 Å². The summed E-state index contributed by atoms with van der Waals surface area (Å²) in [5, 5.41) is 9.35. The molecule has 0 aliphatic carbocycles. The van der Waals surface area contributed by atoms with Crippen molar-refractivity contribution in [3.05, 3.63) is 29.3 Å². The Balaban J connectivity index is 2.87. The van der Waals surface area contributed by atoms with Crippen molar-refractivity contribution < 1.29 is 23.1 Å². The van der Waals surface area contributed by atoms with Crippen LogP contribution >= 0.6 is 0 Å². The molecule has 0 saturated heterocycles. The Kier molecular flexibility index (Phi) is 5.04. The fourth-order valence-corrected chi connectivity index (χ4v) is 2.85. The highest BCUT2D eigenvalue weighted by molar-refractivity contribution is 7.89. The lowest BCUT2D eigenvalue weighted by Crippen LogP contribution is -2.37. The summed E-state index contributed by atoms with van der Waals surface area (Å²) < 4.78 is 30.6. The second-order valence-electron chi connectivity index (χ2n) is 4.16. The number of esters is 1. The highest BCUT2D eigenvalue weighted by atomic mass is 32.2. The Hall–Kier alpha value is -1.44. The quantitative estimate of drug-likeness (QED) is 0.750. The number of aryl methyl sites for hydroxylation is 2. The van der Waals surface area contributed by atoms with E-state index in [0.717, 1.165) is 12.7 Å². The largest absolute Gasteiger partial charge is 0.467 e. The van der Waals surface area contributed by atoms with Crippen molar-refractivity contribution in [3.63, 3.8) is 0 Å². The lowest BCUT2D eigenvalue weighted by Gasteiger charge is -2.12. The summed E-state index contributed by atoms with van der Waals surface area (Å²) in [7, 11) is -2.65. The molecule has 0 spiro atoms. The molecule has 1 aromatic rings. The molecule has 0 saturated carbocycles. The van der Waals surface area contributed by atoms with Gasteiger partial charge in [0.1, 0.15) is 0 Å². The molecule has 0 radical (unpaired) electrons. The van der Waals surface area contributed by atoms with Gasteiger partial charge in [0.15, 0.2) is 6.10 Å². The average Bonchev–Trinajstić information content (AvgIpc) is 2.37. The van der Waals surface area contributed by atoms with Crippen LogP contribution in [-0.2, 0) is 19.6 Å². The van der Waals surface area contributed by atoms with Crippen molar-refractivity contribution >= 4 is 16.0 Å². The van der Waals surface area contributed by atoms with Gasteiger partial charge in [0.05, 0.1) is 12.0 Å². The van der Waals surface area contributed by atoms with Crippen LogP contribution in [0.2, 0.25) is 0 Å². The van der Waals surface area contributed by atoms with Crippen molar-refractivity contribution in [2.24, 2.45) is 0 Å². The van der Waals surface area contributed by atoms with Crippen LogP contribution in [-0.4, -0.2) is 39.3 Å². The molecule has 1 rings (SSSR count). The zero-order chi connectivity index (χ0) is 14.6. The first-order valence-corrected chi connectivity index (χ1v) is 7.09. The van der Waals surface area contributed by atoms with Gasteiger partial charge in [-0.25, -0.2) is 17.9 Å². The number of nitrogens with one attached hydrogen (secondary N) is 1. The molecule has 0 heterocycles.